The third-order valence-corrected chi connectivity index (χ3v) is 1.97. The lowest BCUT2D eigenvalue weighted by Crippen LogP contribution is -2.05. The summed E-state index contributed by atoms with van der Waals surface area (Å²) in [6.45, 7) is 0. The molecule has 0 saturated heterocycles. The van der Waals surface area contributed by atoms with Gasteiger partial charge in [0.25, 0.3) is 5.56 Å². The van der Waals surface area contributed by atoms with Crippen LogP contribution >= 0.6 is 0 Å². The second-order valence-corrected chi connectivity index (χ2v) is 2.92. The maximum atomic E-state index is 11.5. The number of carbonyl (C=O) groups excluding carboxylic acids is 1. The van der Waals surface area contributed by atoms with E-state index in [4.69, 9.17) is 0 Å². The van der Waals surface area contributed by atoms with Crippen molar-refractivity contribution in [2.45, 2.75) is 0 Å². The Hall–Kier alpha value is -2.44. The molecule has 2 N–H and O–H groups in total. The fraction of sp³-hybridized carbons (Fsp3) is 0.111. The average molecular weight is 220 g/mol. The van der Waals surface area contributed by atoms with Crippen molar-refractivity contribution in [1.29, 1.82) is 0 Å². The van der Waals surface area contributed by atoms with Crippen LogP contribution in [0.25, 0.3) is 17.1 Å². The SMILES string of the molecule is COC(=O)C=Cc1[nH]nc2nc[nH]c(=O)c12. The second-order valence-electron chi connectivity index (χ2n) is 2.92. The van der Waals surface area contributed by atoms with Crippen molar-refractivity contribution in [3.63, 3.8) is 0 Å². The number of methoxy groups -OCH3 is 1. The highest BCUT2D eigenvalue weighted by molar-refractivity contribution is 5.91. The maximum absolute atomic E-state index is 11.5. The highest BCUT2D eigenvalue weighted by Gasteiger charge is 2.07. The first-order valence-electron chi connectivity index (χ1n) is 4.40. The Labute approximate surface area is 89.2 Å². The predicted octanol–water partition coefficient (Wildman–Crippen LogP) is -0.168. The van der Waals surface area contributed by atoms with E-state index in [2.05, 4.69) is 24.9 Å². The fourth-order valence-corrected chi connectivity index (χ4v) is 1.23. The molecule has 0 aliphatic heterocycles. The van der Waals surface area contributed by atoms with E-state index in [-0.39, 0.29) is 5.56 Å². The number of hydrogen-bond acceptors (Lipinski definition) is 5. The summed E-state index contributed by atoms with van der Waals surface area (Å²) in [7, 11) is 1.27. The van der Waals surface area contributed by atoms with Crippen molar-refractivity contribution in [3.05, 3.63) is 28.5 Å². The maximum Gasteiger partial charge on any atom is 0.330 e. The quantitative estimate of drug-likeness (QED) is 0.540. The van der Waals surface area contributed by atoms with Crippen LogP contribution in [0.3, 0.4) is 0 Å². The summed E-state index contributed by atoms with van der Waals surface area (Å²) < 4.78 is 4.43. The van der Waals surface area contributed by atoms with Crippen LogP contribution in [0.4, 0.5) is 0 Å². The Balaban J connectivity index is 2.50. The highest BCUT2D eigenvalue weighted by atomic mass is 16.5. The largest absolute Gasteiger partial charge is 0.466 e. The number of aromatic nitrogens is 4. The topological polar surface area (TPSA) is 101 Å². The molecule has 2 aromatic heterocycles. The molecule has 0 unspecified atom stereocenters. The number of hydrogen-bond donors (Lipinski definition) is 2. The number of H-pyrrole nitrogens is 2. The summed E-state index contributed by atoms with van der Waals surface area (Å²) in [5, 5.41) is 6.74. The summed E-state index contributed by atoms with van der Waals surface area (Å²) in [5.74, 6) is -0.511. The van der Waals surface area contributed by atoms with Crippen LogP contribution in [0.1, 0.15) is 5.69 Å². The van der Waals surface area contributed by atoms with Gasteiger partial charge in [-0.25, -0.2) is 9.78 Å². The molecule has 0 fully saturated rings. The van der Waals surface area contributed by atoms with Crippen molar-refractivity contribution >= 4 is 23.1 Å². The van der Waals surface area contributed by atoms with Gasteiger partial charge in [-0.1, -0.05) is 0 Å². The van der Waals surface area contributed by atoms with Crippen LogP contribution in [0.15, 0.2) is 17.2 Å². The van der Waals surface area contributed by atoms with E-state index in [1.54, 1.807) is 0 Å². The zero-order valence-electron chi connectivity index (χ0n) is 8.35. The lowest BCUT2D eigenvalue weighted by atomic mass is 10.3. The molecule has 2 heterocycles. The Morgan fingerprint density at radius 3 is 3.12 bits per heavy atom. The minimum absolute atomic E-state index is 0.299. The Bertz CT molecular complexity index is 610. The van der Waals surface area contributed by atoms with Gasteiger partial charge in [0, 0.05) is 6.08 Å². The minimum atomic E-state index is -0.511. The van der Waals surface area contributed by atoms with Gasteiger partial charge in [-0.2, -0.15) is 5.10 Å². The minimum Gasteiger partial charge on any atom is -0.466 e. The third-order valence-electron chi connectivity index (χ3n) is 1.97. The van der Waals surface area contributed by atoms with Crippen molar-refractivity contribution in [3.8, 4) is 0 Å². The molecule has 0 aliphatic carbocycles. The molecule has 16 heavy (non-hydrogen) atoms. The Morgan fingerprint density at radius 2 is 2.38 bits per heavy atom. The number of rotatable bonds is 2. The van der Waals surface area contributed by atoms with Crippen molar-refractivity contribution < 1.29 is 9.53 Å². The fourth-order valence-electron chi connectivity index (χ4n) is 1.23. The third kappa shape index (κ3) is 1.70. The Morgan fingerprint density at radius 1 is 1.56 bits per heavy atom. The summed E-state index contributed by atoms with van der Waals surface area (Å²) in [5.41, 5.74) is 0.395. The van der Waals surface area contributed by atoms with Crippen LogP contribution in [-0.4, -0.2) is 33.2 Å². The molecule has 0 bridgehead atoms. The first-order valence-corrected chi connectivity index (χ1v) is 4.40. The molecule has 7 heteroatoms. The molecular formula is C9H8N4O3. The molecule has 0 aliphatic rings. The van der Waals surface area contributed by atoms with Gasteiger partial charge < -0.3 is 9.72 Å². The summed E-state index contributed by atoms with van der Waals surface area (Å²) >= 11 is 0. The van der Waals surface area contributed by atoms with Gasteiger partial charge in [-0.05, 0) is 6.08 Å². The zero-order chi connectivity index (χ0) is 11.5. The normalized spacial score (nSPS) is 11.1. The Kier molecular flexibility index (Phi) is 2.50. The number of ether oxygens (including phenoxy) is 1. The number of esters is 1. The second kappa shape index (κ2) is 3.97. The van der Waals surface area contributed by atoms with E-state index >= 15 is 0 Å². The van der Waals surface area contributed by atoms with E-state index in [1.165, 1.54) is 25.6 Å². The molecule has 0 saturated carbocycles. The number of nitrogens with zero attached hydrogens (tertiary/aromatic N) is 2. The van der Waals surface area contributed by atoms with E-state index in [0.29, 0.717) is 16.7 Å². The van der Waals surface area contributed by atoms with E-state index in [1.807, 2.05) is 0 Å². The summed E-state index contributed by atoms with van der Waals surface area (Å²) in [4.78, 5) is 28.6. The molecular weight excluding hydrogens is 212 g/mol. The predicted molar refractivity (Wildman–Crippen MR) is 55.6 cm³/mol. The first kappa shape index (κ1) is 10.1. The zero-order valence-corrected chi connectivity index (χ0v) is 8.35. The molecule has 2 rings (SSSR count). The lowest BCUT2D eigenvalue weighted by molar-refractivity contribution is -0.134. The lowest BCUT2D eigenvalue weighted by Gasteiger charge is -1.89. The van der Waals surface area contributed by atoms with Crippen LogP contribution in [0, 0.1) is 0 Å². The van der Waals surface area contributed by atoms with E-state index < -0.39 is 5.97 Å². The summed E-state index contributed by atoms with van der Waals surface area (Å²) in [6, 6.07) is 0. The number of aromatic amines is 2. The first-order chi connectivity index (χ1) is 7.72. The monoisotopic (exact) mass is 220 g/mol. The average Bonchev–Trinajstić information content (AvgIpc) is 2.70. The van der Waals surface area contributed by atoms with Crippen LogP contribution in [0.2, 0.25) is 0 Å². The molecule has 82 valence electrons. The van der Waals surface area contributed by atoms with Gasteiger partial charge in [0.2, 0.25) is 0 Å². The smallest absolute Gasteiger partial charge is 0.330 e. The van der Waals surface area contributed by atoms with Crippen molar-refractivity contribution in [2.75, 3.05) is 7.11 Å². The molecule has 0 radical (unpaired) electrons. The van der Waals surface area contributed by atoms with Crippen molar-refractivity contribution in [1.82, 2.24) is 20.2 Å². The molecule has 7 nitrogen and oxygen atoms in total. The number of nitrogens with one attached hydrogen (secondary N) is 2. The molecule has 0 aromatic carbocycles. The number of carbonyl (C=O) groups is 1. The molecule has 0 atom stereocenters. The van der Waals surface area contributed by atoms with E-state index in [0.717, 1.165) is 0 Å². The highest BCUT2D eigenvalue weighted by Crippen LogP contribution is 2.09. The van der Waals surface area contributed by atoms with Crippen molar-refractivity contribution in [2.24, 2.45) is 0 Å². The number of fused-ring (bicyclic) bond motifs is 1. The van der Waals surface area contributed by atoms with Crippen LogP contribution in [-0.2, 0) is 9.53 Å². The van der Waals surface area contributed by atoms with Gasteiger partial charge in [0.15, 0.2) is 5.65 Å². The standard InChI is InChI=1S/C9H8N4O3/c1-16-6(14)3-2-5-7-8(13-12-5)10-4-11-9(7)15/h2-4H,1H3,(H2,10,11,12,13,15). The van der Waals surface area contributed by atoms with Gasteiger partial charge in [-0.15, -0.1) is 0 Å². The molecule has 2 aromatic rings. The van der Waals surface area contributed by atoms with Crippen LogP contribution in [0.5, 0.6) is 0 Å². The van der Waals surface area contributed by atoms with E-state index in [9.17, 15) is 9.59 Å². The van der Waals surface area contributed by atoms with Gasteiger partial charge in [0.05, 0.1) is 19.1 Å². The van der Waals surface area contributed by atoms with Crippen LogP contribution < -0.4 is 5.56 Å². The van der Waals surface area contributed by atoms with Gasteiger partial charge in [-0.3, -0.25) is 9.89 Å². The molecule has 0 spiro atoms. The van der Waals surface area contributed by atoms with Gasteiger partial charge in [0.1, 0.15) is 5.39 Å². The van der Waals surface area contributed by atoms with Gasteiger partial charge >= 0.3 is 5.97 Å². The molecule has 0 amide bonds. The summed E-state index contributed by atoms with van der Waals surface area (Å²) in [6.07, 6.45) is 3.87.